The zero-order valence-electron chi connectivity index (χ0n) is 9.19. The van der Waals surface area contributed by atoms with Gasteiger partial charge in [0, 0.05) is 11.4 Å². The minimum absolute atomic E-state index is 0.688. The molecule has 2 heteroatoms. The molecule has 0 spiro atoms. The van der Waals surface area contributed by atoms with E-state index >= 15 is 0 Å². The molecule has 0 bridgehead atoms. The van der Waals surface area contributed by atoms with Crippen LogP contribution in [0.5, 0.6) is 0 Å². The smallest absolute Gasteiger partial charge is 0.0387 e. The second-order valence-electron chi connectivity index (χ2n) is 3.29. The van der Waals surface area contributed by atoms with Gasteiger partial charge in [0.25, 0.3) is 0 Å². The molecule has 1 aromatic carbocycles. The quantitative estimate of drug-likeness (QED) is 0.754. The first kappa shape index (κ1) is 11.9. The van der Waals surface area contributed by atoms with Gasteiger partial charge < -0.3 is 11.5 Å². The van der Waals surface area contributed by atoms with E-state index in [9.17, 15) is 0 Å². The first-order chi connectivity index (χ1) is 7.69. The van der Waals surface area contributed by atoms with Crippen molar-refractivity contribution < 1.29 is 0 Å². The van der Waals surface area contributed by atoms with E-state index in [2.05, 4.69) is 13.2 Å². The molecule has 0 heterocycles. The van der Waals surface area contributed by atoms with Gasteiger partial charge in [0.15, 0.2) is 0 Å². The van der Waals surface area contributed by atoms with Gasteiger partial charge >= 0.3 is 0 Å². The Balaban J connectivity index is 3.00. The van der Waals surface area contributed by atoms with Crippen molar-refractivity contribution in [1.29, 1.82) is 0 Å². The van der Waals surface area contributed by atoms with Crippen LogP contribution < -0.4 is 11.5 Å². The topological polar surface area (TPSA) is 52.0 Å². The number of rotatable bonds is 4. The van der Waals surface area contributed by atoms with E-state index in [0.717, 1.165) is 11.1 Å². The van der Waals surface area contributed by atoms with E-state index in [4.69, 9.17) is 11.5 Å². The second-order valence-corrected chi connectivity index (χ2v) is 3.29. The molecule has 0 atom stereocenters. The first-order valence-electron chi connectivity index (χ1n) is 4.96. The van der Waals surface area contributed by atoms with Gasteiger partial charge in [-0.15, -0.1) is 0 Å². The molecule has 0 saturated heterocycles. The minimum atomic E-state index is 0.688. The number of allylic oxidation sites excluding steroid dienone is 4. The van der Waals surface area contributed by atoms with E-state index in [1.165, 1.54) is 0 Å². The van der Waals surface area contributed by atoms with Crippen LogP contribution in [0, 0.1) is 0 Å². The predicted octanol–water partition coefficient (Wildman–Crippen LogP) is 2.66. The molecular formula is C14H16N2. The Morgan fingerprint density at radius 1 is 0.812 bits per heavy atom. The highest BCUT2D eigenvalue weighted by molar-refractivity contribution is 5.69. The maximum absolute atomic E-state index is 5.82. The Hall–Kier alpha value is -2.22. The van der Waals surface area contributed by atoms with E-state index < -0.39 is 0 Å². The van der Waals surface area contributed by atoms with Crippen LogP contribution in [0.25, 0.3) is 11.4 Å². The summed E-state index contributed by atoms with van der Waals surface area (Å²) in [4.78, 5) is 0. The minimum Gasteiger partial charge on any atom is -0.398 e. The Labute approximate surface area is 96.3 Å². The maximum Gasteiger partial charge on any atom is 0.0387 e. The number of hydrogen-bond acceptors (Lipinski definition) is 2. The van der Waals surface area contributed by atoms with Gasteiger partial charge in [-0.3, -0.25) is 0 Å². The van der Waals surface area contributed by atoms with E-state index in [0.29, 0.717) is 11.4 Å². The number of nitrogens with two attached hydrogens (primary N) is 2. The average Bonchev–Trinajstić information content (AvgIpc) is 2.30. The van der Waals surface area contributed by atoms with Crippen LogP contribution in [0.3, 0.4) is 0 Å². The van der Waals surface area contributed by atoms with Crippen LogP contribution in [0.4, 0.5) is 0 Å². The molecule has 0 aromatic heterocycles. The van der Waals surface area contributed by atoms with Crippen LogP contribution in [-0.4, -0.2) is 0 Å². The van der Waals surface area contributed by atoms with E-state index in [1.54, 1.807) is 24.3 Å². The van der Waals surface area contributed by atoms with Crippen LogP contribution in [-0.2, 0) is 0 Å². The Morgan fingerprint density at radius 3 is 1.38 bits per heavy atom. The van der Waals surface area contributed by atoms with Gasteiger partial charge in [-0.2, -0.15) is 0 Å². The molecule has 2 nitrogen and oxygen atoms in total. The summed E-state index contributed by atoms with van der Waals surface area (Å²) in [6, 6.07) is 7.70. The summed E-state index contributed by atoms with van der Waals surface area (Å²) in [6.07, 6.45) is 6.85. The monoisotopic (exact) mass is 212 g/mol. The third kappa shape index (κ3) is 2.89. The largest absolute Gasteiger partial charge is 0.398 e. The summed E-state index contributed by atoms with van der Waals surface area (Å²) < 4.78 is 0. The van der Waals surface area contributed by atoms with Crippen molar-refractivity contribution >= 4 is 11.4 Å². The van der Waals surface area contributed by atoms with E-state index in [-0.39, 0.29) is 0 Å². The van der Waals surface area contributed by atoms with Crippen LogP contribution in [0.15, 0.2) is 61.7 Å². The van der Waals surface area contributed by atoms with Crippen molar-refractivity contribution in [2.75, 3.05) is 0 Å². The molecule has 4 N–H and O–H groups in total. The van der Waals surface area contributed by atoms with Gasteiger partial charge in [0.05, 0.1) is 0 Å². The molecule has 1 rings (SSSR count). The van der Waals surface area contributed by atoms with Crippen molar-refractivity contribution in [2.45, 2.75) is 0 Å². The van der Waals surface area contributed by atoms with Crippen LogP contribution in [0.1, 0.15) is 11.1 Å². The molecule has 0 aliphatic rings. The fourth-order valence-electron chi connectivity index (χ4n) is 1.30. The molecule has 16 heavy (non-hydrogen) atoms. The number of benzene rings is 1. The van der Waals surface area contributed by atoms with Gasteiger partial charge in [0.1, 0.15) is 0 Å². The highest BCUT2D eigenvalue weighted by atomic mass is 14.6. The number of hydrogen-bond donors (Lipinski definition) is 2. The molecule has 0 aliphatic carbocycles. The van der Waals surface area contributed by atoms with Crippen molar-refractivity contribution in [2.24, 2.45) is 11.5 Å². The summed E-state index contributed by atoms with van der Waals surface area (Å²) >= 11 is 0. The molecule has 0 saturated carbocycles. The predicted molar refractivity (Wildman–Crippen MR) is 71.2 cm³/mol. The summed E-state index contributed by atoms with van der Waals surface area (Å²) in [5, 5.41) is 0. The third-order valence-electron chi connectivity index (χ3n) is 2.15. The lowest BCUT2D eigenvalue weighted by molar-refractivity contribution is 1.47. The fraction of sp³-hybridized carbons (Fsp3) is 0. The maximum atomic E-state index is 5.82. The van der Waals surface area contributed by atoms with Crippen molar-refractivity contribution in [3.8, 4) is 0 Å². The highest BCUT2D eigenvalue weighted by Gasteiger charge is 1.98. The van der Waals surface area contributed by atoms with Gasteiger partial charge in [-0.1, -0.05) is 49.6 Å². The van der Waals surface area contributed by atoms with Crippen molar-refractivity contribution in [3.63, 3.8) is 0 Å². The lowest BCUT2D eigenvalue weighted by atomic mass is 10.1. The van der Waals surface area contributed by atoms with Gasteiger partial charge in [-0.25, -0.2) is 0 Å². The normalized spacial score (nSPS) is 12.2. The third-order valence-corrected chi connectivity index (χ3v) is 2.15. The van der Waals surface area contributed by atoms with Crippen molar-refractivity contribution in [3.05, 3.63) is 72.9 Å². The zero-order valence-corrected chi connectivity index (χ0v) is 9.19. The fourth-order valence-corrected chi connectivity index (χ4v) is 1.30. The summed E-state index contributed by atoms with van der Waals surface area (Å²) in [6.45, 7) is 7.20. The Kier molecular flexibility index (Phi) is 4.16. The highest BCUT2D eigenvalue weighted by Crippen LogP contribution is 2.14. The Morgan fingerprint density at radius 2 is 1.12 bits per heavy atom. The standard InChI is InChI=1S/C14H16N2/c1-3-5-13(15)11-7-9-12(10-8-11)14(16)6-4-2/h3-10H,1-2,15-16H2/b13-5-,14-6-. The lowest BCUT2D eigenvalue weighted by Gasteiger charge is -2.04. The molecular weight excluding hydrogens is 196 g/mol. The Bertz CT molecular complexity index is 393. The van der Waals surface area contributed by atoms with Crippen LogP contribution >= 0.6 is 0 Å². The summed E-state index contributed by atoms with van der Waals surface area (Å²) in [5.74, 6) is 0. The van der Waals surface area contributed by atoms with Crippen LogP contribution in [0.2, 0.25) is 0 Å². The zero-order chi connectivity index (χ0) is 12.0. The van der Waals surface area contributed by atoms with Crippen molar-refractivity contribution in [1.82, 2.24) is 0 Å². The molecule has 0 radical (unpaired) electrons. The molecule has 1 aromatic rings. The molecule has 0 aliphatic heterocycles. The summed E-state index contributed by atoms with van der Waals surface area (Å²) in [7, 11) is 0. The average molecular weight is 212 g/mol. The lowest BCUT2D eigenvalue weighted by Crippen LogP contribution is -1.98. The molecule has 0 amide bonds. The SMILES string of the molecule is C=C/C=C(\N)c1ccc(/C(N)=C/C=C)cc1. The molecule has 0 unspecified atom stereocenters. The molecule has 0 fully saturated rings. The van der Waals surface area contributed by atoms with Gasteiger partial charge in [0.2, 0.25) is 0 Å². The second kappa shape index (κ2) is 5.61. The summed E-state index contributed by atoms with van der Waals surface area (Å²) in [5.41, 5.74) is 14.9. The molecule has 82 valence electrons. The first-order valence-corrected chi connectivity index (χ1v) is 4.96. The van der Waals surface area contributed by atoms with E-state index in [1.807, 2.05) is 24.3 Å². The van der Waals surface area contributed by atoms with Gasteiger partial charge in [-0.05, 0) is 23.3 Å².